The van der Waals surface area contributed by atoms with E-state index in [-0.39, 0.29) is 23.3 Å². The molecule has 3 aliphatic heterocycles. The summed E-state index contributed by atoms with van der Waals surface area (Å²) in [6.07, 6.45) is 18.2. The number of nitrogens with zero attached hydrogens (tertiary/aromatic N) is 3. The number of hydrogen-bond acceptors (Lipinski definition) is 5. The van der Waals surface area contributed by atoms with Gasteiger partial charge < -0.3 is 30.1 Å². The summed E-state index contributed by atoms with van der Waals surface area (Å²) in [5, 5.41) is 17.3. The van der Waals surface area contributed by atoms with E-state index >= 15 is 0 Å². The van der Waals surface area contributed by atoms with Crippen LogP contribution in [0.25, 0.3) is 28.2 Å². The number of carbonyl (C=O) groups excluding carboxylic acids is 2. The second-order valence-electron chi connectivity index (χ2n) is 17.9. The summed E-state index contributed by atoms with van der Waals surface area (Å²) in [5.74, 6) is -0.475. The first-order chi connectivity index (χ1) is 28.3. The van der Waals surface area contributed by atoms with Crippen molar-refractivity contribution in [3.05, 3.63) is 95.1 Å². The zero-order valence-electron chi connectivity index (χ0n) is 33.9. The quantitative estimate of drug-likeness (QED) is 0.139. The van der Waals surface area contributed by atoms with Gasteiger partial charge in [0.1, 0.15) is 0 Å². The van der Waals surface area contributed by atoms with Crippen LogP contribution in [-0.4, -0.2) is 81.6 Å². The lowest BCUT2D eigenvalue weighted by atomic mass is 9.81. The van der Waals surface area contributed by atoms with Crippen molar-refractivity contribution in [3.63, 3.8) is 0 Å². The van der Waals surface area contributed by atoms with Crippen LogP contribution in [0.4, 0.5) is 5.69 Å². The van der Waals surface area contributed by atoms with Gasteiger partial charge in [-0.2, -0.15) is 0 Å². The summed E-state index contributed by atoms with van der Waals surface area (Å²) in [7, 11) is 0. The van der Waals surface area contributed by atoms with Crippen LogP contribution < -0.4 is 10.6 Å². The minimum absolute atomic E-state index is 0.0583. The molecule has 9 rings (SSSR count). The number of likely N-dealkylation sites (tertiary alicyclic amines) is 2. The zero-order valence-corrected chi connectivity index (χ0v) is 33.9. The number of aromatic nitrogens is 1. The molecule has 5 aliphatic rings. The van der Waals surface area contributed by atoms with E-state index in [9.17, 15) is 14.4 Å². The molecule has 2 aliphatic carbocycles. The van der Waals surface area contributed by atoms with Gasteiger partial charge in [0.25, 0.3) is 5.91 Å². The molecule has 0 spiro atoms. The normalized spacial score (nSPS) is 21.5. The molecule has 2 saturated heterocycles. The van der Waals surface area contributed by atoms with Gasteiger partial charge in [0, 0.05) is 66.0 Å². The lowest BCUT2D eigenvalue weighted by molar-refractivity contribution is -0.137. The number of nitrogens with one attached hydrogen (secondary N) is 2. The molecule has 304 valence electrons. The predicted molar refractivity (Wildman–Crippen MR) is 231 cm³/mol. The van der Waals surface area contributed by atoms with Crippen molar-refractivity contribution >= 4 is 40.4 Å². The Morgan fingerprint density at radius 3 is 2.29 bits per heavy atom. The molecule has 4 aromatic rings. The van der Waals surface area contributed by atoms with Crippen LogP contribution in [0.1, 0.15) is 116 Å². The Morgan fingerprint density at radius 1 is 0.810 bits per heavy atom. The number of aliphatic carboxylic acids is 1. The first-order valence-electron chi connectivity index (χ1n) is 22.2. The topological polar surface area (TPSA) is 107 Å². The van der Waals surface area contributed by atoms with Crippen molar-refractivity contribution in [3.8, 4) is 11.3 Å². The van der Waals surface area contributed by atoms with Crippen molar-refractivity contribution < 1.29 is 19.5 Å². The van der Waals surface area contributed by atoms with Crippen LogP contribution in [-0.2, 0) is 22.6 Å². The Morgan fingerprint density at radius 2 is 1.55 bits per heavy atom. The maximum atomic E-state index is 14.6. The highest BCUT2D eigenvalue weighted by Gasteiger charge is 2.38. The maximum Gasteiger partial charge on any atom is 0.328 e. The lowest BCUT2D eigenvalue weighted by Gasteiger charge is -2.38. The van der Waals surface area contributed by atoms with E-state index in [2.05, 4.69) is 61.4 Å². The number of benzene rings is 3. The average molecular weight is 782 g/mol. The molecule has 1 atom stereocenters. The van der Waals surface area contributed by atoms with Crippen LogP contribution in [0, 0.1) is 5.92 Å². The number of piperidine rings is 1. The molecule has 3 aromatic carbocycles. The molecule has 9 nitrogen and oxygen atoms in total. The number of hydrogen-bond donors (Lipinski definition) is 3. The van der Waals surface area contributed by atoms with Crippen molar-refractivity contribution in [2.45, 2.75) is 114 Å². The van der Waals surface area contributed by atoms with Crippen LogP contribution in [0.2, 0.25) is 0 Å². The summed E-state index contributed by atoms with van der Waals surface area (Å²) in [6, 6.07) is 23.4. The molecular formula is C49H59N5O4. The molecule has 9 heteroatoms. The molecule has 4 fully saturated rings. The van der Waals surface area contributed by atoms with Crippen LogP contribution >= 0.6 is 0 Å². The number of carbonyl (C=O) groups is 3. The fourth-order valence-corrected chi connectivity index (χ4v) is 11.1. The highest BCUT2D eigenvalue weighted by Crippen LogP contribution is 2.47. The Labute approximate surface area is 342 Å². The minimum Gasteiger partial charge on any atom is -0.478 e. The van der Waals surface area contributed by atoms with E-state index in [0.29, 0.717) is 30.6 Å². The molecule has 2 amide bonds. The van der Waals surface area contributed by atoms with E-state index in [1.807, 2.05) is 30.3 Å². The molecule has 0 bridgehead atoms. The molecule has 4 heterocycles. The van der Waals surface area contributed by atoms with Crippen LogP contribution in [0.3, 0.4) is 0 Å². The highest BCUT2D eigenvalue weighted by molar-refractivity contribution is 6.01. The first kappa shape index (κ1) is 38.6. The Hall–Kier alpha value is -4.89. The summed E-state index contributed by atoms with van der Waals surface area (Å²) in [6.45, 7) is 5.29. The molecule has 58 heavy (non-hydrogen) atoms. The maximum absolute atomic E-state index is 14.6. The summed E-state index contributed by atoms with van der Waals surface area (Å²) in [5.41, 5.74) is 8.28. The third-order valence-electron chi connectivity index (χ3n) is 14.2. The second kappa shape index (κ2) is 16.8. The number of anilines is 1. The van der Waals surface area contributed by atoms with Crippen LogP contribution in [0.5, 0.6) is 0 Å². The van der Waals surface area contributed by atoms with Crippen molar-refractivity contribution in [1.82, 2.24) is 19.7 Å². The van der Waals surface area contributed by atoms with Gasteiger partial charge in [-0.3, -0.25) is 9.59 Å². The third kappa shape index (κ3) is 7.94. The highest BCUT2D eigenvalue weighted by atomic mass is 16.4. The van der Waals surface area contributed by atoms with Crippen molar-refractivity contribution in [2.24, 2.45) is 5.92 Å². The average Bonchev–Trinajstić information content (AvgIpc) is 4.01. The number of rotatable bonds is 10. The van der Waals surface area contributed by atoms with Gasteiger partial charge in [-0.1, -0.05) is 74.6 Å². The predicted octanol–water partition coefficient (Wildman–Crippen LogP) is 8.87. The second-order valence-corrected chi connectivity index (χ2v) is 17.9. The number of carboxylic acid groups (broad SMARTS) is 1. The lowest BCUT2D eigenvalue weighted by Crippen LogP contribution is -2.51. The summed E-state index contributed by atoms with van der Waals surface area (Å²) < 4.78 is 2.45. The van der Waals surface area contributed by atoms with Crippen molar-refractivity contribution in [2.75, 3.05) is 38.0 Å². The van der Waals surface area contributed by atoms with Gasteiger partial charge in [0.15, 0.2) is 0 Å². The Bertz CT molecular complexity index is 2160. The van der Waals surface area contributed by atoms with Crippen molar-refractivity contribution in [1.29, 1.82) is 0 Å². The van der Waals surface area contributed by atoms with Gasteiger partial charge >= 0.3 is 5.97 Å². The number of carboxylic acids is 1. The Kier molecular flexibility index (Phi) is 11.2. The molecule has 3 N–H and O–H groups in total. The molecular weight excluding hydrogens is 723 g/mol. The molecule has 2 saturated carbocycles. The molecule has 1 aromatic heterocycles. The fraction of sp³-hybridized carbons (Fsp3) is 0.490. The molecule has 1 unspecified atom stereocenters. The monoisotopic (exact) mass is 781 g/mol. The van der Waals surface area contributed by atoms with Gasteiger partial charge in [-0.05, 0) is 124 Å². The largest absolute Gasteiger partial charge is 0.478 e. The molecule has 0 radical (unpaired) electrons. The van der Waals surface area contributed by atoms with Gasteiger partial charge in [0.2, 0.25) is 5.91 Å². The smallest absolute Gasteiger partial charge is 0.328 e. The zero-order chi connectivity index (χ0) is 39.6. The summed E-state index contributed by atoms with van der Waals surface area (Å²) >= 11 is 0. The van der Waals surface area contributed by atoms with Gasteiger partial charge in [-0.15, -0.1) is 0 Å². The fourth-order valence-electron chi connectivity index (χ4n) is 11.1. The number of amides is 2. The van der Waals surface area contributed by atoms with E-state index in [0.717, 1.165) is 80.9 Å². The van der Waals surface area contributed by atoms with E-state index in [1.54, 1.807) is 6.08 Å². The van der Waals surface area contributed by atoms with Crippen LogP contribution in [0.15, 0.2) is 72.8 Å². The summed E-state index contributed by atoms with van der Waals surface area (Å²) in [4.78, 5) is 44.8. The number of fused-ring (bicyclic) bond motifs is 5. The van der Waals surface area contributed by atoms with E-state index < -0.39 is 5.97 Å². The first-order valence-corrected chi connectivity index (χ1v) is 22.2. The van der Waals surface area contributed by atoms with E-state index in [1.165, 1.54) is 85.8 Å². The van der Waals surface area contributed by atoms with E-state index in [4.69, 9.17) is 5.11 Å². The SMILES string of the molecule is O=C(O)C=Cc1ccc(NCC2(NC(=O)c3ccc4c(C5CCCCC5)c5n(c4c3)CC(C(=O)N3CCC(N4CCCC4)CC3)Cc3ccccc3-5)CCCC2)cc1. The Balaban J connectivity index is 1.01. The minimum atomic E-state index is -0.972. The standard InChI is InChI=1S/C49H59N5O4/c55-44(56)21-16-34-14-18-39(19-15-34)50-33-49(24-6-7-25-49)51-47(57)37-17-20-42-43(31-37)54-32-38(48(58)53-28-22-40(23-29-53)52-26-8-9-27-52)30-36-12-4-5-13-41(36)46(54)45(42)35-10-2-1-3-11-35/h4-5,12-21,31,35,38,40,50H,1-3,6-11,22-30,32-33H2,(H,51,57)(H,55,56). The van der Waals surface area contributed by atoms with Gasteiger partial charge in [0.05, 0.1) is 17.2 Å². The van der Waals surface area contributed by atoms with Gasteiger partial charge in [-0.25, -0.2) is 4.79 Å². The third-order valence-corrected chi connectivity index (χ3v) is 14.2.